The van der Waals surface area contributed by atoms with Crippen LogP contribution < -0.4 is 4.90 Å². The van der Waals surface area contributed by atoms with Gasteiger partial charge >= 0.3 is 5.69 Å². The maximum Gasteiger partial charge on any atom is 0.312 e. The van der Waals surface area contributed by atoms with Crippen LogP contribution in [0.5, 0.6) is 5.75 Å². The van der Waals surface area contributed by atoms with E-state index in [1.54, 1.807) is 0 Å². The fourth-order valence-corrected chi connectivity index (χ4v) is 4.54. The average Bonchev–Trinajstić information content (AvgIpc) is 3.12. The van der Waals surface area contributed by atoms with E-state index in [4.69, 9.17) is 11.6 Å². The number of nitro benzene ring substituents is 1. The van der Waals surface area contributed by atoms with E-state index in [0.29, 0.717) is 11.4 Å². The maximum atomic E-state index is 10.9. The third-order valence-corrected chi connectivity index (χ3v) is 6.24. The fourth-order valence-electron chi connectivity index (χ4n) is 3.49. The van der Waals surface area contributed by atoms with Crippen LogP contribution in [0.15, 0.2) is 36.4 Å². The number of anilines is 1. The second-order valence-electron chi connectivity index (χ2n) is 6.77. The predicted octanol–water partition coefficient (Wildman–Crippen LogP) is 3.93. The molecule has 7 nitrogen and oxygen atoms in total. The molecule has 1 saturated heterocycles. The number of aromatic hydroxyl groups is 1. The van der Waals surface area contributed by atoms with Crippen LogP contribution in [0.4, 0.5) is 11.5 Å². The number of rotatable bonds is 5. The quantitative estimate of drug-likeness (QED) is 0.499. The molecule has 0 spiro atoms. The zero-order valence-electron chi connectivity index (χ0n) is 15.0. The van der Waals surface area contributed by atoms with Gasteiger partial charge in [0.1, 0.15) is 5.82 Å². The first-order valence-electron chi connectivity index (χ1n) is 9.00. The van der Waals surface area contributed by atoms with Crippen LogP contribution in [0.2, 0.25) is 5.02 Å². The molecule has 0 aliphatic carbocycles. The van der Waals surface area contributed by atoms with Gasteiger partial charge in [-0.15, -0.1) is 0 Å². The van der Waals surface area contributed by atoms with Crippen LogP contribution in [-0.2, 0) is 6.42 Å². The molecule has 28 heavy (non-hydrogen) atoms. The van der Waals surface area contributed by atoms with Crippen LogP contribution in [-0.4, -0.2) is 52.0 Å². The van der Waals surface area contributed by atoms with Gasteiger partial charge in [-0.2, -0.15) is 4.37 Å². The summed E-state index contributed by atoms with van der Waals surface area (Å²) >= 11 is 7.69. The summed E-state index contributed by atoms with van der Waals surface area (Å²) in [4.78, 5) is 14.9. The highest BCUT2D eigenvalue weighted by Gasteiger charge is 2.22. The van der Waals surface area contributed by atoms with Crippen LogP contribution in [0.25, 0.3) is 10.1 Å². The number of phenols is 1. The topological polar surface area (TPSA) is 82.7 Å². The lowest BCUT2D eigenvalue weighted by Crippen LogP contribution is -2.47. The molecule has 0 amide bonds. The monoisotopic (exact) mass is 418 g/mol. The Labute approximate surface area is 171 Å². The Morgan fingerprint density at radius 3 is 2.71 bits per heavy atom. The van der Waals surface area contributed by atoms with Gasteiger partial charge in [0.15, 0.2) is 5.75 Å². The Morgan fingerprint density at radius 1 is 1.21 bits per heavy atom. The van der Waals surface area contributed by atoms with E-state index in [9.17, 15) is 15.2 Å². The van der Waals surface area contributed by atoms with Gasteiger partial charge in [-0.05, 0) is 41.7 Å². The number of piperazine rings is 1. The standard InChI is InChI=1S/C19H19ClN4O3S/c20-15-12-16(24(26)27)17(25)11-13(15)5-6-22-7-9-23(10-8-22)19-14-3-1-2-4-18(14)28-21-19/h1-4,11-12,25H,5-10H2. The van der Waals surface area contributed by atoms with Crippen molar-refractivity contribution in [3.8, 4) is 5.75 Å². The number of nitrogens with zero attached hydrogens (tertiary/aromatic N) is 4. The van der Waals surface area contributed by atoms with Gasteiger partial charge in [-0.3, -0.25) is 15.0 Å². The first-order valence-corrected chi connectivity index (χ1v) is 10.2. The van der Waals surface area contributed by atoms with Crippen molar-refractivity contribution < 1.29 is 10.0 Å². The van der Waals surface area contributed by atoms with Crippen LogP contribution in [0.3, 0.4) is 0 Å². The summed E-state index contributed by atoms with van der Waals surface area (Å²) in [5.41, 5.74) is 0.357. The molecule has 3 aromatic rings. The normalized spacial score (nSPS) is 15.2. The molecule has 2 heterocycles. The van der Waals surface area contributed by atoms with Crippen molar-refractivity contribution in [1.82, 2.24) is 9.27 Å². The number of hydrogen-bond acceptors (Lipinski definition) is 7. The molecule has 0 bridgehead atoms. The maximum absolute atomic E-state index is 10.9. The molecule has 0 unspecified atom stereocenters. The number of benzene rings is 2. The zero-order valence-corrected chi connectivity index (χ0v) is 16.6. The molecule has 9 heteroatoms. The molecule has 1 aliphatic rings. The SMILES string of the molecule is O=[N+]([O-])c1cc(Cl)c(CCN2CCN(c3nsc4ccccc34)CC2)cc1O. The minimum absolute atomic E-state index is 0.317. The first-order chi connectivity index (χ1) is 13.5. The van der Waals surface area contributed by atoms with Crippen LogP contribution in [0.1, 0.15) is 5.56 Å². The molecule has 0 atom stereocenters. The Morgan fingerprint density at radius 2 is 1.96 bits per heavy atom. The van der Waals surface area contributed by atoms with Crippen LogP contribution >= 0.6 is 23.1 Å². The van der Waals surface area contributed by atoms with Gasteiger partial charge < -0.3 is 10.0 Å². The number of hydrogen-bond donors (Lipinski definition) is 1. The molecular formula is C19H19ClN4O3S. The minimum Gasteiger partial charge on any atom is -0.502 e. The average molecular weight is 419 g/mol. The van der Waals surface area contributed by atoms with E-state index in [1.165, 1.54) is 33.8 Å². The number of halogens is 1. The molecule has 146 valence electrons. The van der Waals surface area contributed by atoms with E-state index >= 15 is 0 Å². The van der Waals surface area contributed by atoms with E-state index in [1.807, 2.05) is 12.1 Å². The van der Waals surface area contributed by atoms with E-state index < -0.39 is 4.92 Å². The van der Waals surface area contributed by atoms with E-state index in [2.05, 4.69) is 26.3 Å². The Hall–Kier alpha value is -2.42. The van der Waals surface area contributed by atoms with Crippen molar-refractivity contribution in [2.45, 2.75) is 6.42 Å². The second-order valence-corrected chi connectivity index (χ2v) is 7.98. The van der Waals surface area contributed by atoms with Crippen molar-refractivity contribution in [3.05, 3.63) is 57.1 Å². The van der Waals surface area contributed by atoms with Crippen molar-refractivity contribution in [3.63, 3.8) is 0 Å². The highest BCUT2D eigenvalue weighted by Crippen LogP contribution is 2.33. The zero-order chi connectivity index (χ0) is 19.7. The molecule has 4 rings (SSSR count). The number of aromatic nitrogens is 1. The van der Waals surface area contributed by atoms with Crippen molar-refractivity contribution in [2.24, 2.45) is 0 Å². The molecule has 1 aromatic heterocycles. The van der Waals surface area contributed by atoms with Gasteiger partial charge in [0.25, 0.3) is 0 Å². The smallest absolute Gasteiger partial charge is 0.312 e. The highest BCUT2D eigenvalue weighted by molar-refractivity contribution is 7.13. The van der Waals surface area contributed by atoms with Crippen molar-refractivity contribution in [2.75, 3.05) is 37.6 Å². The third-order valence-electron chi connectivity index (χ3n) is 5.07. The van der Waals surface area contributed by atoms with Crippen molar-refractivity contribution >= 4 is 44.7 Å². The Balaban J connectivity index is 1.36. The molecule has 1 fully saturated rings. The van der Waals surface area contributed by atoms with Gasteiger partial charge in [0.2, 0.25) is 0 Å². The van der Waals surface area contributed by atoms with Crippen LogP contribution in [0, 0.1) is 10.1 Å². The number of fused-ring (bicyclic) bond motifs is 1. The molecule has 0 saturated carbocycles. The van der Waals surface area contributed by atoms with Crippen molar-refractivity contribution in [1.29, 1.82) is 0 Å². The summed E-state index contributed by atoms with van der Waals surface area (Å²) in [6.45, 7) is 4.38. The molecule has 1 N–H and O–H groups in total. The molecule has 0 radical (unpaired) electrons. The summed E-state index contributed by atoms with van der Waals surface area (Å²) in [7, 11) is 0. The summed E-state index contributed by atoms with van der Waals surface area (Å²) < 4.78 is 5.83. The Kier molecular flexibility index (Phi) is 5.34. The third kappa shape index (κ3) is 3.76. The molecular weight excluding hydrogens is 400 g/mol. The summed E-state index contributed by atoms with van der Waals surface area (Å²) in [6, 6.07) is 10.9. The molecule has 2 aromatic carbocycles. The minimum atomic E-state index is -0.633. The summed E-state index contributed by atoms with van der Waals surface area (Å²) in [5.74, 6) is 0.716. The first kappa shape index (κ1) is 18.9. The van der Waals surface area contributed by atoms with E-state index in [-0.39, 0.29) is 11.4 Å². The highest BCUT2D eigenvalue weighted by atomic mass is 35.5. The summed E-state index contributed by atoms with van der Waals surface area (Å²) in [6.07, 6.45) is 0.629. The van der Waals surface area contributed by atoms with Gasteiger partial charge in [-0.1, -0.05) is 23.7 Å². The number of phenolic OH excluding ortho intramolecular Hbond substituents is 1. The lowest BCUT2D eigenvalue weighted by Gasteiger charge is -2.35. The Bertz CT molecular complexity index is 1020. The van der Waals surface area contributed by atoms with Gasteiger partial charge in [-0.25, -0.2) is 0 Å². The summed E-state index contributed by atoms with van der Waals surface area (Å²) in [5, 5.41) is 22.2. The number of nitro groups is 1. The lowest BCUT2D eigenvalue weighted by molar-refractivity contribution is -0.385. The van der Waals surface area contributed by atoms with E-state index in [0.717, 1.165) is 44.1 Å². The largest absolute Gasteiger partial charge is 0.502 e. The predicted molar refractivity (Wildman–Crippen MR) is 112 cm³/mol. The molecule has 1 aliphatic heterocycles. The lowest BCUT2D eigenvalue weighted by atomic mass is 10.1. The van der Waals surface area contributed by atoms with Gasteiger partial charge in [0.05, 0.1) is 14.6 Å². The van der Waals surface area contributed by atoms with Gasteiger partial charge in [0, 0.05) is 44.2 Å². The second kappa shape index (κ2) is 7.90. The fraction of sp³-hybridized carbons (Fsp3) is 0.316.